The number of phenols is 1. The minimum absolute atomic E-state index is 0.0548. The summed E-state index contributed by atoms with van der Waals surface area (Å²) in [6.45, 7) is 0. The van der Waals surface area contributed by atoms with Crippen LogP contribution in [0.4, 0.5) is 5.69 Å². The molecule has 3 rings (SSSR count). The second kappa shape index (κ2) is 5.12. The summed E-state index contributed by atoms with van der Waals surface area (Å²) in [7, 11) is 0. The van der Waals surface area contributed by atoms with Crippen LogP contribution in [-0.4, -0.2) is 21.9 Å². The first kappa shape index (κ1) is 14.6. The van der Waals surface area contributed by atoms with Crippen molar-refractivity contribution in [1.29, 1.82) is 0 Å². The molecule has 1 heterocycles. The highest BCUT2D eigenvalue weighted by atomic mass is 35.5. The average Bonchev–Trinajstić information content (AvgIpc) is 2.71. The summed E-state index contributed by atoms with van der Waals surface area (Å²) in [5.41, 5.74) is -1.27. The van der Waals surface area contributed by atoms with Crippen LogP contribution in [0, 0.1) is 0 Å². The molecule has 0 saturated heterocycles. The van der Waals surface area contributed by atoms with Crippen molar-refractivity contribution >= 4 is 29.0 Å². The SMILES string of the molecule is O=C(CC1(O)C(=O)Nc2ccc(Cl)cc21)c1ccccc1O. The van der Waals surface area contributed by atoms with Crippen LogP contribution < -0.4 is 5.32 Å². The molecule has 0 bridgehead atoms. The van der Waals surface area contributed by atoms with Crippen molar-refractivity contribution in [2.45, 2.75) is 12.0 Å². The van der Waals surface area contributed by atoms with Gasteiger partial charge in [0.1, 0.15) is 5.75 Å². The zero-order chi connectivity index (χ0) is 15.9. The first-order valence-electron chi connectivity index (χ1n) is 6.57. The molecule has 6 heteroatoms. The van der Waals surface area contributed by atoms with E-state index in [0.717, 1.165) is 0 Å². The van der Waals surface area contributed by atoms with Crippen LogP contribution in [0.3, 0.4) is 0 Å². The van der Waals surface area contributed by atoms with Gasteiger partial charge >= 0.3 is 0 Å². The number of amides is 1. The summed E-state index contributed by atoms with van der Waals surface area (Å²) in [4.78, 5) is 24.4. The number of carbonyl (C=O) groups is 2. The standard InChI is InChI=1S/C16H12ClNO4/c17-9-5-6-12-11(7-9)16(22,15(21)18-12)8-14(20)10-3-1-2-4-13(10)19/h1-7,19,22H,8H2,(H,18,21). The summed E-state index contributed by atoms with van der Waals surface area (Å²) in [5.74, 6) is -1.42. The Labute approximate surface area is 131 Å². The first-order valence-corrected chi connectivity index (χ1v) is 6.94. The third-order valence-corrected chi connectivity index (χ3v) is 3.91. The number of halogens is 1. The number of anilines is 1. The van der Waals surface area contributed by atoms with E-state index in [1.165, 1.54) is 18.2 Å². The van der Waals surface area contributed by atoms with Gasteiger partial charge in [0.05, 0.1) is 12.0 Å². The van der Waals surface area contributed by atoms with Crippen molar-refractivity contribution in [3.8, 4) is 5.75 Å². The average molecular weight is 318 g/mol. The Bertz CT molecular complexity index is 789. The quantitative estimate of drug-likeness (QED) is 0.759. The molecule has 0 saturated carbocycles. The molecule has 112 valence electrons. The fraction of sp³-hybridized carbons (Fsp3) is 0.125. The molecule has 5 nitrogen and oxygen atoms in total. The van der Waals surface area contributed by atoms with E-state index in [4.69, 9.17) is 11.6 Å². The molecule has 2 aromatic carbocycles. The Hall–Kier alpha value is -2.37. The van der Waals surface area contributed by atoms with Crippen molar-refractivity contribution in [3.63, 3.8) is 0 Å². The minimum atomic E-state index is -2.00. The summed E-state index contributed by atoms with van der Waals surface area (Å²) >= 11 is 5.90. The largest absolute Gasteiger partial charge is 0.507 e. The third-order valence-electron chi connectivity index (χ3n) is 3.67. The van der Waals surface area contributed by atoms with E-state index in [-0.39, 0.29) is 16.9 Å². The van der Waals surface area contributed by atoms with E-state index in [1.807, 2.05) is 0 Å². The van der Waals surface area contributed by atoms with Crippen LogP contribution in [0.2, 0.25) is 5.02 Å². The molecule has 0 spiro atoms. The highest BCUT2D eigenvalue weighted by Gasteiger charge is 2.47. The number of hydrogen-bond donors (Lipinski definition) is 3. The van der Waals surface area contributed by atoms with Gasteiger partial charge in [0.25, 0.3) is 5.91 Å². The number of benzene rings is 2. The molecule has 1 unspecified atom stereocenters. The maximum Gasteiger partial charge on any atom is 0.261 e. The maximum atomic E-state index is 12.3. The van der Waals surface area contributed by atoms with Gasteiger partial charge in [0.2, 0.25) is 0 Å². The van der Waals surface area contributed by atoms with E-state index >= 15 is 0 Å². The highest BCUT2D eigenvalue weighted by molar-refractivity contribution is 6.31. The molecule has 0 radical (unpaired) electrons. The molecule has 22 heavy (non-hydrogen) atoms. The number of phenolic OH excluding ortho intramolecular Hbond substituents is 1. The van der Waals surface area contributed by atoms with E-state index in [2.05, 4.69) is 5.32 Å². The zero-order valence-corrected chi connectivity index (χ0v) is 12.1. The monoisotopic (exact) mass is 317 g/mol. The first-order chi connectivity index (χ1) is 10.4. The number of rotatable bonds is 3. The number of ketones is 1. The van der Waals surface area contributed by atoms with Crippen molar-refractivity contribution in [2.75, 3.05) is 5.32 Å². The number of para-hydroxylation sites is 1. The molecule has 0 fully saturated rings. The second-order valence-electron chi connectivity index (χ2n) is 5.12. The molecule has 2 aromatic rings. The number of hydrogen-bond acceptors (Lipinski definition) is 4. The molecular formula is C16H12ClNO4. The van der Waals surface area contributed by atoms with Crippen molar-refractivity contribution in [2.24, 2.45) is 0 Å². The highest BCUT2D eigenvalue weighted by Crippen LogP contribution is 2.40. The second-order valence-corrected chi connectivity index (χ2v) is 5.56. The molecule has 1 amide bonds. The number of fused-ring (bicyclic) bond motifs is 1. The van der Waals surface area contributed by atoms with Gasteiger partial charge < -0.3 is 15.5 Å². The molecule has 1 aliphatic heterocycles. The van der Waals surface area contributed by atoms with Crippen molar-refractivity contribution in [3.05, 3.63) is 58.6 Å². The number of carbonyl (C=O) groups excluding carboxylic acids is 2. The zero-order valence-electron chi connectivity index (χ0n) is 11.3. The Morgan fingerprint density at radius 3 is 2.68 bits per heavy atom. The predicted molar refractivity (Wildman–Crippen MR) is 81.0 cm³/mol. The lowest BCUT2D eigenvalue weighted by atomic mass is 9.88. The lowest BCUT2D eigenvalue weighted by molar-refractivity contribution is -0.133. The molecular weight excluding hydrogens is 306 g/mol. The summed E-state index contributed by atoms with van der Waals surface area (Å²) < 4.78 is 0. The Kier molecular flexibility index (Phi) is 3.39. The lowest BCUT2D eigenvalue weighted by Gasteiger charge is -2.20. The van der Waals surface area contributed by atoms with Crippen LogP contribution in [0.25, 0.3) is 0 Å². The van der Waals surface area contributed by atoms with Gasteiger partial charge in [-0.3, -0.25) is 9.59 Å². The number of aromatic hydroxyl groups is 1. The van der Waals surface area contributed by atoms with Crippen LogP contribution >= 0.6 is 11.6 Å². The fourth-order valence-corrected chi connectivity index (χ4v) is 2.70. The Morgan fingerprint density at radius 2 is 1.95 bits per heavy atom. The smallest absolute Gasteiger partial charge is 0.261 e. The number of aliphatic hydroxyl groups is 1. The van der Waals surface area contributed by atoms with Crippen molar-refractivity contribution in [1.82, 2.24) is 0 Å². The Balaban J connectivity index is 1.98. The normalized spacial score (nSPS) is 19.6. The fourth-order valence-electron chi connectivity index (χ4n) is 2.53. The van der Waals surface area contributed by atoms with Crippen LogP contribution in [0.15, 0.2) is 42.5 Å². The third kappa shape index (κ3) is 2.24. The van der Waals surface area contributed by atoms with Crippen molar-refractivity contribution < 1.29 is 19.8 Å². The Morgan fingerprint density at radius 1 is 1.23 bits per heavy atom. The van der Waals surface area contributed by atoms with Gasteiger partial charge in [-0.1, -0.05) is 23.7 Å². The molecule has 1 atom stereocenters. The number of nitrogens with one attached hydrogen (secondary N) is 1. The summed E-state index contributed by atoms with van der Waals surface area (Å²) in [6, 6.07) is 10.6. The van der Waals surface area contributed by atoms with Gasteiger partial charge in [-0.25, -0.2) is 0 Å². The molecule has 0 aromatic heterocycles. The van der Waals surface area contributed by atoms with Crippen LogP contribution in [-0.2, 0) is 10.4 Å². The molecule has 3 N–H and O–H groups in total. The molecule has 0 aliphatic carbocycles. The predicted octanol–water partition coefficient (Wildman–Crippen LogP) is 2.46. The van der Waals surface area contributed by atoms with Gasteiger partial charge in [0.15, 0.2) is 11.4 Å². The van der Waals surface area contributed by atoms with E-state index in [1.54, 1.807) is 24.3 Å². The maximum absolute atomic E-state index is 12.3. The van der Waals surface area contributed by atoms with Crippen LogP contribution in [0.1, 0.15) is 22.3 Å². The van der Waals surface area contributed by atoms with Gasteiger partial charge in [0, 0.05) is 16.3 Å². The molecule has 1 aliphatic rings. The van der Waals surface area contributed by atoms with Crippen LogP contribution in [0.5, 0.6) is 5.75 Å². The van der Waals surface area contributed by atoms with Gasteiger partial charge in [-0.15, -0.1) is 0 Å². The minimum Gasteiger partial charge on any atom is -0.507 e. The van der Waals surface area contributed by atoms with E-state index < -0.39 is 23.7 Å². The van der Waals surface area contributed by atoms with E-state index in [9.17, 15) is 19.8 Å². The van der Waals surface area contributed by atoms with Gasteiger partial charge in [-0.2, -0.15) is 0 Å². The number of Topliss-reactive ketones (excluding diaryl/α,β-unsaturated/α-hetero) is 1. The summed E-state index contributed by atoms with van der Waals surface area (Å²) in [6.07, 6.45) is -0.482. The topological polar surface area (TPSA) is 86.6 Å². The summed E-state index contributed by atoms with van der Waals surface area (Å²) in [5, 5.41) is 23.3. The van der Waals surface area contributed by atoms with Gasteiger partial charge in [-0.05, 0) is 30.3 Å². The lowest BCUT2D eigenvalue weighted by Crippen LogP contribution is -2.36. The van der Waals surface area contributed by atoms with E-state index in [0.29, 0.717) is 10.7 Å².